The molecule has 0 spiro atoms. The summed E-state index contributed by atoms with van der Waals surface area (Å²) in [5.74, 6) is -0.542. The van der Waals surface area contributed by atoms with Crippen molar-refractivity contribution in [1.82, 2.24) is 5.32 Å². The maximum Gasteiger partial charge on any atom is 0.255 e. The van der Waals surface area contributed by atoms with Crippen molar-refractivity contribution in [2.75, 3.05) is 5.32 Å². The van der Waals surface area contributed by atoms with Crippen LogP contribution < -0.4 is 10.6 Å². The first-order valence-corrected chi connectivity index (χ1v) is 8.97. The van der Waals surface area contributed by atoms with Crippen molar-refractivity contribution in [1.29, 1.82) is 0 Å². The van der Waals surface area contributed by atoms with Crippen LogP contribution in [0, 0.1) is 0 Å². The minimum absolute atomic E-state index is 0.205. The molecule has 0 radical (unpaired) electrons. The van der Waals surface area contributed by atoms with Gasteiger partial charge in [-0.25, -0.2) is 0 Å². The maximum absolute atomic E-state index is 12.4. The van der Waals surface area contributed by atoms with Crippen LogP contribution >= 0.6 is 23.2 Å². The Balaban J connectivity index is 1.63. The zero-order valence-electron chi connectivity index (χ0n) is 14.2. The molecular weight excluding hydrogens is 383 g/mol. The number of rotatable bonds is 5. The van der Waals surface area contributed by atoms with E-state index >= 15 is 0 Å². The number of benzene rings is 3. The molecule has 0 atom stereocenters. The molecule has 0 aliphatic rings. The highest BCUT2D eigenvalue weighted by molar-refractivity contribution is 6.35. The van der Waals surface area contributed by atoms with Gasteiger partial charge in [-0.2, -0.15) is 0 Å². The quantitative estimate of drug-likeness (QED) is 0.622. The highest BCUT2D eigenvalue weighted by atomic mass is 35.5. The van der Waals surface area contributed by atoms with Gasteiger partial charge in [-0.15, -0.1) is 0 Å². The van der Waals surface area contributed by atoms with E-state index in [1.807, 2.05) is 30.3 Å². The summed E-state index contributed by atoms with van der Waals surface area (Å²) in [6.45, 7) is 0.440. The fourth-order valence-electron chi connectivity index (χ4n) is 2.44. The van der Waals surface area contributed by atoms with Gasteiger partial charge in [-0.05, 0) is 48.0 Å². The first-order valence-electron chi connectivity index (χ1n) is 8.21. The molecule has 0 saturated heterocycles. The Bertz CT molecular complexity index is 958. The van der Waals surface area contributed by atoms with Gasteiger partial charge >= 0.3 is 0 Å². The topological polar surface area (TPSA) is 58.2 Å². The molecule has 0 saturated carbocycles. The molecule has 0 fully saturated rings. The molecule has 3 aromatic carbocycles. The van der Waals surface area contributed by atoms with Crippen LogP contribution in [0.2, 0.25) is 10.0 Å². The van der Waals surface area contributed by atoms with Crippen LogP contribution in [0.25, 0.3) is 0 Å². The molecule has 136 valence electrons. The van der Waals surface area contributed by atoms with Gasteiger partial charge < -0.3 is 10.6 Å². The van der Waals surface area contributed by atoms with Crippen molar-refractivity contribution < 1.29 is 9.59 Å². The minimum Gasteiger partial charge on any atom is -0.348 e. The number of hydrogen-bond donors (Lipinski definition) is 2. The smallest absolute Gasteiger partial charge is 0.255 e. The van der Waals surface area contributed by atoms with Crippen molar-refractivity contribution in [3.63, 3.8) is 0 Å². The van der Waals surface area contributed by atoms with Gasteiger partial charge in [0.2, 0.25) is 0 Å². The Kier molecular flexibility index (Phi) is 6.12. The number of carbonyl (C=O) groups excluding carboxylic acids is 2. The van der Waals surface area contributed by atoms with Crippen LogP contribution in [-0.2, 0) is 6.54 Å². The highest BCUT2D eigenvalue weighted by Crippen LogP contribution is 2.25. The summed E-state index contributed by atoms with van der Waals surface area (Å²) in [5.41, 5.74) is 2.33. The third-order valence-electron chi connectivity index (χ3n) is 3.88. The summed E-state index contributed by atoms with van der Waals surface area (Å²) < 4.78 is 0. The van der Waals surface area contributed by atoms with E-state index in [-0.39, 0.29) is 11.8 Å². The van der Waals surface area contributed by atoms with Crippen LogP contribution in [0.5, 0.6) is 0 Å². The molecule has 2 N–H and O–H groups in total. The zero-order chi connectivity index (χ0) is 19.2. The van der Waals surface area contributed by atoms with E-state index in [9.17, 15) is 9.59 Å². The Morgan fingerprint density at radius 1 is 0.778 bits per heavy atom. The lowest BCUT2D eigenvalue weighted by Crippen LogP contribution is -2.22. The molecule has 2 amide bonds. The molecule has 6 heteroatoms. The summed E-state index contributed by atoms with van der Waals surface area (Å²) in [5, 5.41) is 6.42. The van der Waals surface area contributed by atoms with Crippen LogP contribution in [0.3, 0.4) is 0 Å². The van der Waals surface area contributed by atoms with Crippen LogP contribution in [0.15, 0.2) is 72.8 Å². The first-order chi connectivity index (χ1) is 13.0. The van der Waals surface area contributed by atoms with E-state index in [0.29, 0.717) is 33.4 Å². The molecule has 0 aromatic heterocycles. The molecule has 3 aromatic rings. The van der Waals surface area contributed by atoms with E-state index in [1.54, 1.807) is 42.5 Å². The lowest BCUT2D eigenvalue weighted by atomic mass is 10.1. The molecule has 0 aliphatic heterocycles. The normalized spacial score (nSPS) is 10.3. The van der Waals surface area contributed by atoms with Crippen LogP contribution in [0.4, 0.5) is 5.69 Å². The van der Waals surface area contributed by atoms with Crippen molar-refractivity contribution in [3.8, 4) is 0 Å². The molecule has 0 aliphatic carbocycles. The predicted molar refractivity (Wildman–Crippen MR) is 108 cm³/mol. The summed E-state index contributed by atoms with van der Waals surface area (Å²) in [4.78, 5) is 24.6. The van der Waals surface area contributed by atoms with Gasteiger partial charge in [-0.3, -0.25) is 9.59 Å². The van der Waals surface area contributed by atoms with E-state index in [1.165, 1.54) is 0 Å². The SMILES string of the molecule is O=C(NCc1ccccc1)c1ccc(C(=O)Nc2cc(Cl)ccc2Cl)cc1. The van der Waals surface area contributed by atoms with Crippen LogP contribution in [-0.4, -0.2) is 11.8 Å². The maximum atomic E-state index is 12.4. The highest BCUT2D eigenvalue weighted by Gasteiger charge is 2.11. The predicted octanol–water partition coefficient (Wildman–Crippen LogP) is 5.18. The summed E-state index contributed by atoms with van der Waals surface area (Å²) in [6.07, 6.45) is 0. The molecule has 0 unspecified atom stereocenters. The average Bonchev–Trinajstić information content (AvgIpc) is 2.70. The largest absolute Gasteiger partial charge is 0.348 e. The molecule has 3 rings (SSSR count). The van der Waals surface area contributed by atoms with Gasteiger partial charge in [0.25, 0.3) is 11.8 Å². The third kappa shape index (κ3) is 5.09. The number of halogens is 2. The first kappa shape index (κ1) is 19.0. The summed E-state index contributed by atoms with van der Waals surface area (Å²) in [7, 11) is 0. The number of amides is 2. The van der Waals surface area contributed by atoms with E-state index in [0.717, 1.165) is 5.56 Å². The third-order valence-corrected chi connectivity index (χ3v) is 4.45. The Labute approximate surface area is 167 Å². The molecule has 0 bridgehead atoms. The summed E-state index contributed by atoms with van der Waals surface area (Å²) in [6, 6.07) is 20.9. The van der Waals surface area contributed by atoms with Gasteiger partial charge in [0.15, 0.2) is 0 Å². The van der Waals surface area contributed by atoms with Crippen LogP contribution in [0.1, 0.15) is 26.3 Å². The zero-order valence-corrected chi connectivity index (χ0v) is 15.7. The van der Waals surface area contributed by atoms with Gasteiger partial charge in [-0.1, -0.05) is 53.5 Å². The van der Waals surface area contributed by atoms with E-state index < -0.39 is 0 Å². The fourth-order valence-corrected chi connectivity index (χ4v) is 2.78. The fraction of sp³-hybridized carbons (Fsp3) is 0.0476. The van der Waals surface area contributed by atoms with E-state index in [4.69, 9.17) is 23.2 Å². The molecule has 0 heterocycles. The van der Waals surface area contributed by atoms with Crippen molar-refractivity contribution in [2.24, 2.45) is 0 Å². The molecule has 27 heavy (non-hydrogen) atoms. The second-order valence-corrected chi connectivity index (χ2v) is 6.67. The number of anilines is 1. The lowest BCUT2D eigenvalue weighted by Gasteiger charge is -2.09. The van der Waals surface area contributed by atoms with Gasteiger partial charge in [0.05, 0.1) is 10.7 Å². The number of hydrogen-bond acceptors (Lipinski definition) is 2. The second kappa shape index (κ2) is 8.71. The molecule has 4 nitrogen and oxygen atoms in total. The Hall–Kier alpha value is -2.82. The van der Waals surface area contributed by atoms with Gasteiger partial charge in [0, 0.05) is 22.7 Å². The lowest BCUT2D eigenvalue weighted by molar-refractivity contribution is 0.0949. The molecular formula is C21H16Cl2N2O2. The number of nitrogens with one attached hydrogen (secondary N) is 2. The standard InChI is InChI=1S/C21H16Cl2N2O2/c22-17-10-11-18(23)19(12-17)25-21(27)16-8-6-15(7-9-16)20(26)24-13-14-4-2-1-3-5-14/h1-12H,13H2,(H,24,26)(H,25,27). The Morgan fingerprint density at radius 3 is 2.07 bits per heavy atom. The second-order valence-electron chi connectivity index (χ2n) is 5.82. The number of carbonyl (C=O) groups is 2. The monoisotopic (exact) mass is 398 g/mol. The van der Waals surface area contributed by atoms with Crippen molar-refractivity contribution in [3.05, 3.63) is 99.5 Å². The summed E-state index contributed by atoms with van der Waals surface area (Å²) >= 11 is 12.0. The Morgan fingerprint density at radius 2 is 1.41 bits per heavy atom. The van der Waals surface area contributed by atoms with Gasteiger partial charge in [0.1, 0.15) is 0 Å². The minimum atomic E-state index is -0.338. The van der Waals surface area contributed by atoms with Crippen molar-refractivity contribution in [2.45, 2.75) is 6.54 Å². The average molecular weight is 399 g/mol. The van der Waals surface area contributed by atoms with Crippen molar-refractivity contribution >= 4 is 40.7 Å². The van der Waals surface area contributed by atoms with E-state index in [2.05, 4.69) is 10.6 Å².